The van der Waals surface area contributed by atoms with Crippen LogP contribution in [0.25, 0.3) is 0 Å². The molecular weight excluding hydrogens is 424 g/mol. The van der Waals surface area contributed by atoms with Crippen LogP contribution < -0.4 is 19.5 Å². The molecule has 0 saturated heterocycles. The summed E-state index contributed by atoms with van der Waals surface area (Å²) < 4.78 is 61.9. The van der Waals surface area contributed by atoms with Gasteiger partial charge >= 0.3 is 6.03 Å². The number of carbonyl (C=O) groups is 1. The van der Waals surface area contributed by atoms with Crippen molar-refractivity contribution in [1.29, 1.82) is 0 Å². The lowest BCUT2D eigenvalue weighted by Crippen LogP contribution is -2.35. The van der Waals surface area contributed by atoms with E-state index >= 15 is 0 Å². The molecule has 0 atom stereocenters. The Labute approximate surface area is 168 Å². The minimum Gasteiger partial charge on any atom is -0.481 e. The van der Waals surface area contributed by atoms with Gasteiger partial charge in [-0.25, -0.2) is 26.4 Å². The molecule has 0 aliphatic carbocycles. The Kier molecular flexibility index (Phi) is 6.64. The predicted octanol–water partition coefficient (Wildman–Crippen LogP) is 1.19. The summed E-state index contributed by atoms with van der Waals surface area (Å²) in [6.45, 7) is 2.85. The number of anilines is 1. The summed E-state index contributed by atoms with van der Waals surface area (Å²) in [6.07, 6.45) is 0. The number of hydrogen-bond donors (Lipinski definition) is 2. The van der Waals surface area contributed by atoms with E-state index in [1.165, 1.54) is 46.3 Å². The molecule has 0 radical (unpaired) electrons. The molecule has 0 unspecified atom stereocenters. The number of ether oxygens (including phenoxy) is 2. The molecule has 1 heterocycles. The zero-order valence-corrected chi connectivity index (χ0v) is 17.7. The molecule has 2 rings (SSSR count). The van der Waals surface area contributed by atoms with Crippen LogP contribution in [0, 0.1) is 0 Å². The number of benzene rings is 1. The fraction of sp³-hybridized carbons (Fsp3) is 0.312. The number of carbonyl (C=O) groups excluding carboxylic acids is 1. The first kappa shape index (κ1) is 22.4. The minimum absolute atomic E-state index is 0.0726. The Bertz CT molecular complexity index is 1090. The standard InChI is InChI=1S/C16H20N4O7S2/c1-10(2)28(22,23)11-7-5-6-8-12(11)29(24,25)20-16(21)19-15-17-13(26-3)9-14(18-15)27-4/h5-10H,1-4H3,(H2,17,18,19,20,21). The van der Waals surface area contributed by atoms with E-state index in [4.69, 9.17) is 9.47 Å². The topological polar surface area (TPSA) is 154 Å². The number of nitrogens with one attached hydrogen (secondary N) is 2. The van der Waals surface area contributed by atoms with Gasteiger partial charge in [0.1, 0.15) is 4.90 Å². The molecule has 0 spiro atoms. The van der Waals surface area contributed by atoms with Crippen molar-refractivity contribution in [2.45, 2.75) is 28.9 Å². The highest BCUT2D eigenvalue weighted by atomic mass is 32.2. The molecule has 1 aromatic heterocycles. The summed E-state index contributed by atoms with van der Waals surface area (Å²) in [5, 5.41) is 1.28. The van der Waals surface area contributed by atoms with Crippen LogP contribution in [-0.2, 0) is 19.9 Å². The van der Waals surface area contributed by atoms with Crippen molar-refractivity contribution in [1.82, 2.24) is 14.7 Å². The van der Waals surface area contributed by atoms with Crippen LogP contribution in [-0.4, -0.2) is 52.3 Å². The average molecular weight is 444 g/mol. The summed E-state index contributed by atoms with van der Waals surface area (Å²) in [5.74, 6) is -0.135. The Hall–Kier alpha value is -2.93. The van der Waals surface area contributed by atoms with Crippen molar-refractivity contribution >= 4 is 31.8 Å². The van der Waals surface area contributed by atoms with Crippen LogP contribution in [0.5, 0.6) is 11.8 Å². The van der Waals surface area contributed by atoms with Gasteiger partial charge in [-0.1, -0.05) is 12.1 Å². The monoisotopic (exact) mass is 444 g/mol. The van der Waals surface area contributed by atoms with Crippen LogP contribution in [0.4, 0.5) is 10.7 Å². The number of sulfone groups is 1. The first-order valence-corrected chi connectivity index (χ1v) is 11.2. The SMILES string of the molecule is COc1cc(OC)nc(NC(=O)NS(=O)(=O)c2ccccc2S(=O)(=O)C(C)C)n1. The molecule has 158 valence electrons. The lowest BCUT2D eigenvalue weighted by Gasteiger charge is -2.14. The summed E-state index contributed by atoms with van der Waals surface area (Å²) in [6, 6.07) is 5.16. The maximum Gasteiger partial charge on any atom is 0.335 e. The second-order valence-electron chi connectivity index (χ2n) is 5.88. The van der Waals surface area contributed by atoms with Gasteiger partial charge in [0.15, 0.2) is 9.84 Å². The first-order chi connectivity index (χ1) is 13.5. The van der Waals surface area contributed by atoms with Gasteiger partial charge in [-0.15, -0.1) is 0 Å². The number of urea groups is 1. The van der Waals surface area contributed by atoms with Gasteiger partial charge in [-0.3, -0.25) is 5.32 Å². The van der Waals surface area contributed by atoms with E-state index < -0.39 is 40.9 Å². The first-order valence-electron chi connectivity index (χ1n) is 8.15. The van der Waals surface area contributed by atoms with Crippen molar-refractivity contribution in [3.8, 4) is 11.8 Å². The number of nitrogens with zero attached hydrogens (tertiary/aromatic N) is 2. The number of sulfonamides is 1. The lowest BCUT2D eigenvalue weighted by atomic mass is 10.4. The molecular formula is C16H20N4O7S2. The third-order valence-electron chi connectivity index (χ3n) is 3.62. The molecule has 13 heteroatoms. The molecule has 1 aromatic carbocycles. The minimum atomic E-state index is -4.52. The van der Waals surface area contributed by atoms with Gasteiger partial charge in [-0.05, 0) is 26.0 Å². The molecule has 0 bridgehead atoms. The van der Waals surface area contributed by atoms with Crippen LogP contribution in [0.2, 0.25) is 0 Å². The van der Waals surface area contributed by atoms with Crippen molar-refractivity contribution in [3.63, 3.8) is 0 Å². The van der Waals surface area contributed by atoms with E-state index in [1.54, 1.807) is 4.72 Å². The van der Waals surface area contributed by atoms with Crippen LogP contribution in [0.15, 0.2) is 40.1 Å². The Morgan fingerprint density at radius 2 is 1.48 bits per heavy atom. The largest absolute Gasteiger partial charge is 0.481 e. The van der Waals surface area contributed by atoms with Crippen molar-refractivity contribution in [2.24, 2.45) is 0 Å². The number of aromatic nitrogens is 2. The Balaban J connectivity index is 2.33. The summed E-state index contributed by atoms with van der Waals surface area (Å²) in [7, 11) is -5.76. The molecule has 2 N–H and O–H groups in total. The third kappa shape index (κ3) is 5.12. The zero-order valence-electron chi connectivity index (χ0n) is 16.0. The number of rotatable bonds is 7. The third-order valence-corrected chi connectivity index (χ3v) is 7.34. The number of amides is 2. The van der Waals surface area contributed by atoms with Gasteiger partial charge in [0.05, 0.1) is 30.4 Å². The maximum absolute atomic E-state index is 12.6. The van der Waals surface area contributed by atoms with Crippen molar-refractivity contribution in [3.05, 3.63) is 30.3 Å². The van der Waals surface area contributed by atoms with Gasteiger partial charge < -0.3 is 9.47 Å². The Morgan fingerprint density at radius 3 is 1.97 bits per heavy atom. The molecule has 0 aliphatic heterocycles. The maximum atomic E-state index is 12.6. The number of hydrogen-bond acceptors (Lipinski definition) is 9. The van der Waals surface area contributed by atoms with Crippen LogP contribution >= 0.6 is 0 Å². The lowest BCUT2D eigenvalue weighted by molar-refractivity contribution is 0.256. The number of methoxy groups -OCH3 is 2. The molecule has 2 aromatic rings. The quantitative estimate of drug-likeness (QED) is 0.641. The molecule has 0 aliphatic rings. The van der Waals surface area contributed by atoms with E-state index in [-0.39, 0.29) is 17.7 Å². The van der Waals surface area contributed by atoms with Crippen molar-refractivity contribution < 1.29 is 31.1 Å². The normalized spacial score (nSPS) is 11.8. The predicted molar refractivity (Wildman–Crippen MR) is 103 cm³/mol. The molecule has 2 amide bonds. The molecule has 0 fully saturated rings. The molecule has 11 nitrogen and oxygen atoms in total. The summed E-state index contributed by atoms with van der Waals surface area (Å²) in [4.78, 5) is 18.9. The van der Waals surface area contributed by atoms with Gasteiger partial charge in [0.2, 0.25) is 17.7 Å². The van der Waals surface area contributed by atoms with E-state index in [9.17, 15) is 21.6 Å². The second-order valence-corrected chi connectivity index (χ2v) is 10.00. The van der Waals surface area contributed by atoms with Gasteiger partial charge in [0.25, 0.3) is 10.0 Å². The second kappa shape index (κ2) is 8.61. The molecule has 0 saturated carbocycles. The van der Waals surface area contributed by atoms with Crippen molar-refractivity contribution in [2.75, 3.05) is 19.5 Å². The molecule has 29 heavy (non-hydrogen) atoms. The van der Waals surface area contributed by atoms with Crippen LogP contribution in [0.3, 0.4) is 0 Å². The highest BCUT2D eigenvalue weighted by Gasteiger charge is 2.29. The smallest absolute Gasteiger partial charge is 0.335 e. The Morgan fingerprint density at radius 1 is 0.966 bits per heavy atom. The fourth-order valence-electron chi connectivity index (χ4n) is 2.13. The summed E-state index contributed by atoms with van der Waals surface area (Å²) in [5.41, 5.74) is 0. The highest BCUT2D eigenvalue weighted by molar-refractivity contribution is 7.94. The average Bonchev–Trinajstić information content (AvgIpc) is 2.66. The van der Waals surface area contributed by atoms with E-state index in [0.717, 1.165) is 12.1 Å². The van der Waals surface area contributed by atoms with Crippen LogP contribution in [0.1, 0.15) is 13.8 Å². The van der Waals surface area contributed by atoms with Gasteiger partial charge in [-0.2, -0.15) is 9.97 Å². The van der Waals surface area contributed by atoms with E-state index in [2.05, 4.69) is 15.3 Å². The van der Waals surface area contributed by atoms with Gasteiger partial charge in [0, 0.05) is 0 Å². The summed E-state index contributed by atoms with van der Waals surface area (Å²) >= 11 is 0. The zero-order chi connectivity index (χ0) is 21.8. The van der Waals surface area contributed by atoms with E-state index in [1.807, 2.05) is 0 Å². The fourth-order valence-corrected chi connectivity index (χ4v) is 4.93. The highest BCUT2D eigenvalue weighted by Crippen LogP contribution is 2.24. The van der Waals surface area contributed by atoms with E-state index in [0.29, 0.717) is 0 Å².